The average molecular weight is 324 g/mol. The number of aliphatic hydroxyl groups is 1. The van der Waals surface area contributed by atoms with Crippen LogP contribution in [0.4, 0.5) is 11.5 Å². The summed E-state index contributed by atoms with van der Waals surface area (Å²) in [6.07, 6.45) is 8.88. The maximum Gasteiger partial charge on any atom is 0.157 e. The lowest BCUT2D eigenvalue weighted by atomic mass is 9.93. The minimum atomic E-state index is -0.573. The summed E-state index contributed by atoms with van der Waals surface area (Å²) in [7, 11) is 0. The molecule has 124 valence electrons. The van der Waals surface area contributed by atoms with E-state index in [0.717, 1.165) is 48.4 Å². The zero-order chi connectivity index (χ0) is 16.7. The molecule has 1 saturated heterocycles. The van der Waals surface area contributed by atoms with E-state index in [1.807, 2.05) is 31.6 Å². The third-order valence-electron chi connectivity index (χ3n) is 4.62. The first-order chi connectivity index (χ1) is 11.5. The van der Waals surface area contributed by atoms with Gasteiger partial charge in [0.05, 0.1) is 5.60 Å². The van der Waals surface area contributed by atoms with Crippen LogP contribution in [0.3, 0.4) is 0 Å². The van der Waals surface area contributed by atoms with Crippen molar-refractivity contribution in [2.75, 3.05) is 23.7 Å². The molecule has 24 heavy (non-hydrogen) atoms. The first-order valence-corrected chi connectivity index (χ1v) is 8.04. The van der Waals surface area contributed by atoms with Crippen LogP contribution in [0, 0.1) is 0 Å². The average Bonchev–Trinajstić information content (AvgIpc) is 2.94. The van der Waals surface area contributed by atoms with Crippen molar-refractivity contribution in [1.29, 1.82) is 0 Å². The van der Waals surface area contributed by atoms with Gasteiger partial charge in [0.1, 0.15) is 5.82 Å². The molecule has 0 spiro atoms. The zero-order valence-electron chi connectivity index (χ0n) is 13.6. The smallest absolute Gasteiger partial charge is 0.157 e. The molecule has 4 heterocycles. The monoisotopic (exact) mass is 324 g/mol. The van der Waals surface area contributed by atoms with Crippen LogP contribution in [-0.4, -0.2) is 43.4 Å². The summed E-state index contributed by atoms with van der Waals surface area (Å²) >= 11 is 0. The highest BCUT2D eigenvalue weighted by Crippen LogP contribution is 2.33. The van der Waals surface area contributed by atoms with Crippen molar-refractivity contribution in [1.82, 2.24) is 19.6 Å². The molecule has 0 amide bonds. The molecule has 0 saturated carbocycles. The van der Waals surface area contributed by atoms with E-state index in [1.54, 1.807) is 16.8 Å². The van der Waals surface area contributed by atoms with E-state index >= 15 is 0 Å². The maximum absolute atomic E-state index is 10.2. The Balaban J connectivity index is 1.72. The Morgan fingerprint density at radius 1 is 1.25 bits per heavy atom. The summed E-state index contributed by atoms with van der Waals surface area (Å²) in [5, 5.41) is 14.4. The maximum atomic E-state index is 10.2. The fourth-order valence-electron chi connectivity index (χ4n) is 3.15. The number of hydrogen-bond acceptors (Lipinski definition) is 6. The summed E-state index contributed by atoms with van der Waals surface area (Å²) in [5.41, 5.74) is 8.92. The number of nitrogen functional groups attached to an aromatic ring is 1. The van der Waals surface area contributed by atoms with Crippen molar-refractivity contribution in [2.45, 2.75) is 25.4 Å². The van der Waals surface area contributed by atoms with Crippen LogP contribution in [0.5, 0.6) is 0 Å². The number of nitrogens with two attached hydrogens (primary N) is 1. The Labute approximate surface area is 139 Å². The van der Waals surface area contributed by atoms with Crippen molar-refractivity contribution in [2.24, 2.45) is 0 Å². The minimum Gasteiger partial charge on any atom is -0.390 e. The number of piperidine rings is 1. The predicted molar refractivity (Wildman–Crippen MR) is 92.7 cm³/mol. The molecular weight excluding hydrogens is 304 g/mol. The highest BCUT2D eigenvalue weighted by Gasteiger charge is 2.28. The molecule has 0 radical (unpaired) electrons. The van der Waals surface area contributed by atoms with Gasteiger partial charge in [-0.15, -0.1) is 5.10 Å². The SMILES string of the molecule is CC1(O)CCN(c2ccncc2-c2cnc3cc(N)nn3c2)CC1. The van der Waals surface area contributed by atoms with Gasteiger partial charge in [-0.2, -0.15) is 0 Å². The van der Waals surface area contributed by atoms with Crippen LogP contribution in [0.2, 0.25) is 0 Å². The highest BCUT2D eigenvalue weighted by atomic mass is 16.3. The Bertz CT molecular complexity index is 878. The number of aromatic nitrogens is 4. The van der Waals surface area contributed by atoms with E-state index in [0.29, 0.717) is 5.82 Å². The Morgan fingerprint density at radius 3 is 2.83 bits per heavy atom. The van der Waals surface area contributed by atoms with Gasteiger partial charge in [0, 0.05) is 60.8 Å². The molecule has 1 fully saturated rings. The van der Waals surface area contributed by atoms with Gasteiger partial charge in [-0.25, -0.2) is 9.50 Å². The van der Waals surface area contributed by atoms with E-state index in [4.69, 9.17) is 5.73 Å². The Kier molecular flexibility index (Phi) is 3.38. The van der Waals surface area contributed by atoms with Crippen molar-refractivity contribution < 1.29 is 5.11 Å². The van der Waals surface area contributed by atoms with Gasteiger partial charge in [0.2, 0.25) is 0 Å². The van der Waals surface area contributed by atoms with E-state index in [1.165, 1.54) is 0 Å². The number of anilines is 2. The lowest BCUT2D eigenvalue weighted by Gasteiger charge is -2.37. The molecule has 3 aromatic heterocycles. The molecular formula is C17H20N6O. The molecule has 0 aliphatic carbocycles. The normalized spacial score (nSPS) is 17.3. The number of pyridine rings is 1. The molecule has 7 heteroatoms. The second kappa shape index (κ2) is 5.45. The molecule has 0 unspecified atom stereocenters. The third kappa shape index (κ3) is 2.67. The van der Waals surface area contributed by atoms with Gasteiger partial charge >= 0.3 is 0 Å². The van der Waals surface area contributed by atoms with Crippen molar-refractivity contribution >= 4 is 17.2 Å². The van der Waals surface area contributed by atoms with Crippen LogP contribution >= 0.6 is 0 Å². The van der Waals surface area contributed by atoms with Gasteiger partial charge in [0.25, 0.3) is 0 Å². The minimum absolute atomic E-state index is 0.448. The van der Waals surface area contributed by atoms with E-state index in [-0.39, 0.29) is 0 Å². The van der Waals surface area contributed by atoms with Crippen molar-refractivity contribution in [3.63, 3.8) is 0 Å². The lowest BCUT2D eigenvalue weighted by Crippen LogP contribution is -2.42. The van der Waals surface area contributed by atoms with E-state index in [2.05, 4.69) is 20.0 Å². The lowest BCUT2D eigenvalue weighted by molar-refractivity contribution is 0.0351. The summed E-state index contributed by atoms with van der Waals surface area (Å²) < 4.78 is 1.68. The number of fused-ring (bicyclic) bond motifs is 1. The first-order valence-electron chi connectivity index (χ1n) is 8.04. The van der Waals surface area contributed by atoms with Crippen molar-refractivity contribution in [3.8, 4) is 11.1 Å². The fourth-order valence-corrected chi connectivity index (χ4v) is 3.15. The number of rotatable bonds is 2. The molecule has 4 rings (SSSR count). The van der Waals surface area contributed by atoms with Crippen LogP contribution in [0.1, 0.15) is 19.8 Å². The van der Waals surface area contributed by atoms with Crippen molar-refractivity contribution in [3.05, 3.63) is 36.9 Å². The molecule has 1 aliphatic rings. The van der Waals surface area contributed by atoms with E-state index in [9.17, 15) is 5.11 Å². The van der Waals surface area contributed by atoms with Crippen LogP contribution < -0.4 is 10.6 Å². The second-order valence-corrected chi connectivity index (χ2v) is 6.59. The molecule has 0 bridgehead atoms. The van der Waals surface area contributed by atoms with Crippen LogP contribution in [0.25, 0.3) is 16.8 Å². The largest absolute Gasteiger partial charge is 0.390 e. The Morgan fingerprint density at radius 2 is 2.04 bits per heavy atom. The molecule has 1 aliphatic heterocycles. The summed E-state index contributed by atoms with van der Waals surface area (Å²) in [5.74, 6) is 0.448. The molecule has 3 N–H and O–H groups in total. The molecule has 0 atom stereocenters. The Hall–Kier alpha value is -2.67. The summed E-state index contributed by atoms with van der Waals surface area (Å²) in [6.45, 7) is 3.53. The standard InChI is InChI=1S/C17H20N6O/c1-17(24)3-6-22(7-4-17)14-2-5-19-10-13(14)12-9-20-16-8-15(18)21-23(16)11-12/h2,5,8-11,24H,3-4,6-7H2,1H3,(H2,18,21). The second-order valence-electron chi connectivity index (χ2n) is 6.59. The van der Waals surface area contributed by atoms with Gasteiger partial charge in [-0.1, -0.05) is 0 Å². The number of nitrogens with zero attached hydrogens (tertiary/aromatic N) is 5. The molecule has 0 aromatic carbocycles. The van der Waals surface area contributed by atoms with Gasteiger partial charge in [-0.3, -0.25) is 4.98 Å². The van der Waals surface area contributed by atoms with E-state index < -0.39 is 5.60 Å². The molecule has 3 aromatic rings. The van der Waals surface area contributed by atoms with Crippen LogP contribution in [0.15, 0.2) is 36.9 Å². The van der Waals surface area contributed by atoms with Gasteiger partial charge in [0.15, 0.2) is 5.65 Å². The van der Waals surface area contributed by atoms with Crippen LogP contribution in [-0.2, 0) is 0 Å². The first kappa shape index (κ1) is 14.9. The fraction of sp³-hybridized carbons (Fsp3) is 0.353. The topological polar surface area (TPSA) is 92.6 Å². The third-order valence-corrected chi connectivity index (χ3v) is 4.62. The zero-order valence-corrected chi connectivity index (χ0v) is 13.6. The number of hydrogen-bond donors (Lipinski definition) is 2. The quantitative estimate of drug-likeness (QED) is 0.746. The summed E-state index contributed by atoms with van der Waals surface area (Å²) in [6, 6.07) is 3.75. The van der Waals surface area contributed by atoms with Gasteiger partial charge in [-0.05, 0) is 25.8 Å². The highest BCUT2D eigenvalue weighted by molar-refractivity contribution is 5.77. The predicted octanol–water partition coefficient (Wildman–Crippen LogP) is 1.72. The van der Waals surface area contributed by atoms with Gasteiger partial charge < -0.3 is 15.7 Å². The summed E-state index contributed by atoms with van der Waals surface area (Å²) in [4.78, 5) is 11.0. The molecule has 7 nitrogen and oxygen atoms in total.